The minimum atomic E-state index is -4.32. The van der Waals surface area contributed by atoms with Crippen molar-refractivity contribution in [3.63, 3.8) is 0 Å². The van der Waals surface area contributed by atoms with E-state index in [0.717, 1.165) is 25.0 Å². The molecule has 1 unspecified atom stereocenters. The number of nitrogens with zero attached hydrogens (tertiary/aromatic N) is 1. The number of hydrogen-bond acceptors (Lipinski definition) is 1. The molecule has 1 nitrogen and oxygen atoms in total. The number of halogens is 4. The van der Waals surface area contributed by atoms with Gasteiger partial charge in [-0.2, -0.15) is 13.2 Å². The normalized spacial score (nSPS) is 13.8. The number of pyridine rings is 1. The zero-order valence-electron chi connectivity index (χ0n) is 8.89. The summed E-state index contributed by atoms with van der Waals surface area (Å²) in [5.74, 6) is 0. The summed E-state index contributed by atoms with van der Waals surface area (Å²) in [6.45, 7) is 1.98. The maximum absolute atomic E-state index is 12.4. The Balaban J connectivity index is 2.75. The second-order valence-electron chi connectivity index (χ2n) is 3.62. The molecule has 0 aliphatic heterocycles. The maximum Gasteiger partial charge on any atom is 0.416 e. The minimum absolute atomic E-state index is 0.152. The molecule has 1 aromatic heterocycles. The Labute approximate surface area is 97.6 Å². The molecule has 90 valence electrons. The van der Waals surface area contributed by atoms with Gasteiger partial charge in [0.1, 0.15) is 0 Å². The number of alkyl halides is 4. The van der Waals surface area contributed by atoms with Crippen LogP contribution in [-0.2, 0) is 12.6 Å². The smallest absolute Gasteiger partial charge is 0.261 e. The van der Waals surface area contributed by atoms with Gasteiger partial charge in [-0.15, -0.1) is 11.6 Å². The van der Waals surface area contributed by atoms with Gasteiger partial charge in [0.15, 0.2) is 0 Å². The van der Waals surface area contributed by atoms with Crippen LogP contribution in [0.15, 0.2) is 18.3 Å². The standard InChI is InChI=1S/C11H13ClF3N/c1-2-3-9(12)7-10-6-8(4-5-16-10)11(13,14)15/h4-6,9H,2-3,7H2,1H3. The third kappa shape index (κ3) is 4.00. The summed E-state index contributed by atoms with van der Waals surface area (Å²) < 4.78 is 37.2. The first-order valence-electron chi connectivity index (χ1n) is 5.09. The predicted molar refractivity (Wildman–Crippen MR) is 57.5 cm³/mol. The first kappa shape index (κ1) is 13.3. The molecule has 0 saturated carbocycles. The number of hydrogen-bond donors (Lipinski definition) is 0. The molecule has 1 heterocycles. The van der Waals surface area contributed by atoms with Crippen LogP contribution in [0.1, 0.15) is 31.0 Å². The van der Waals surface area contributed by atoms with E-state index < -0.39 is 11.7 Å². The molecule has 0 spiro atoms. The van der Waals surface area contributed by atoms with E-state index in [-0.39, 0.29) is 5.38 Å². The first-order valence-corrected chi connectivity index (χ1v) is 5.53. The van der Waals surface area contributed by atoms with Gasteiger partial charge < -0.3 is 0 Å². The topological polar surface area (TPSA) is 12.9 Å². The summed E-state index contributed by atoms with van der Waals surface area (Å²) in [6.07, 6.45) is -1.08. The van der Waals surface area contributed by atoms with Crippen LogP contribution in [0.25, 0.3) is 0 Å². The van der Waals surface area contributed by atoms with E-state index in [1.54, 1.807) is 0 Å². The van der Waals surface area contributed by atoms with Gasteiger partial charge in [0.05, 0.1) is 5.56 Å². The van der Waals surface area contributed by atoms with Gasteiger partial charge in [-0.1, -0.05) is 13.3 Å². The van der Waals surface area contributed by atoms with Crippen molar-refractivity contribution in [2.45, 2.75) is 37.7 Å². The lowest BCUT2D eigenvalue weighted by atomic mass is 10.1. The van der Waals surface area contributed by atoms with E-state index in [0.29, 0.717) is 12.1 Å². The Morgan fingerprint density at radius 1 is 1.44 bits per heavy atom. The quantitative estimate of drug-likeness (QED) is 0.736. The molecular weight excluding hydrogens is 239 g/mol. The number of rotatable bonds is 4. The minimum Gasteiger partial charge on any atom is -0.261 e. The number of aromatic nitrogens is 1. The summed E-state index contributed by atoms with van der Waals surface area (Å²) in [4.78, 5) is 3.89. The summed E-state index contributed by atoms with van der Waals surface area (Å²) in [7, 11) is 0. The van der Waals surface area contributed by atoms with E-state index in [2.05, 4.69) is 4.98 Å². The Bertz CT molecular complexity index is 338. The van der Waals surface area contributed by atoms with Crippen LogP contribution >= 0.6 is 11.6 Å². The zero-order chi connectivity index (χ0) is 12.2. The van der Waals surface area contributed by atoms with Crippen molar-refractivity contribution in [1.29, 1.82) is 0 Å². The Morgan fingerprint density at radius 3 is 2.69 bits per heavy atom. The Morgan fingerprint density at radius 2 is 2.12 bits per heavy atom. The molecule has 0 amide bonds. The van der Waals surface area contributed by atoms with Crippen molar-refractivity contribution < 1.29 is 13.2 Å². The molecule has 0 aromatic carbocycles. The highest BCUT2D eigenvalue weighted by molar-refractivity contribution is 6.20. The van der Waals surface area contributed by atoms with Crippen LogP contribution in [0.5, 0.6) is 0 Å². The van der Waals surface area contributed by atoms with Gasteiger partial charge in [0.25, 0.3) is 0 Å². The molecule has 0 bridgehead atoms. The molecule has 0 aliphatic rings. The maximum atomic E-state index is 12.4. The third-order valence-corrected chi connectivity index (χ3v) is 2.55. The second-order valence-corrected chi connectivity index (χ2v) is 4.24. The summed E-state index contributed by atoms with van der Waals surface area (Å²) in [5.41, 5.74) is -0.277. The molecule has 0 saturated heterocycles. The Kier molecular flexibility index (Phi) is 4.59. The van der Waals surface area contributed by atoms with Crippen molar-refractivity contribution in [3.8, 4) is 0 Å². The fourth-order valence-corrected chi connectivity index (χ4v) is 1.78. The SMILES string of the molecule is CCCC(Cl)Cc1cc(C(F)(F)F)ccn1. The molecule has 5 heteroatoms. The van der Waals surface area contributed by atoms with Gasteiger partial charge in [0, 0.05) is 23.7 Å². The van der Waals surface area contributed by atoms with E-state index in [9.17, 15) is 13.2 Å². The zero-order valence-corrected chi connectivity index (χ0v) is 9.65. The summed E-state index contributed by atoms with van der Waals surface area (Å²) in [6, 6.07) is 2.03. The first-order chi connectivity index (χ1) is 7.43. The summed E-state index contributed by atoms with van der Waals surface area (Å²) >= 11 is 5.96. The molecule has 1 rings (SSSR count). The van der Waals surface area contributed by atoms with Crippen molar-refractivity contribution >= 4 is 11.6 Å². The van der Waals surface area contributed by atoms with Crippen LogP contribution in [0.3, 0.4) is 0 Å². The van der Waals surface area contributed by atoms with Crippen molar-refractivity contribution in [2.75, 3.05) is 0 Å². The molecule has 16 heavy (non-hydrogen) atoms. The van der Waals surface area contributed by atoms with Crippen LogP contribution < -0.4 is 0 Å². The molecule has 0 fully saturated rings. The fourth-order valence-electron chi connectivity index (χ4n) is 1.41. The molecule has 0 radical (unpaired) electrons. The highest BCUT2D eigenvalue weighted by atomic mass is 35.5. The lowest BCUT2D eigenvalue weighted by molar-refractivity contribution is -0.137. The van der Waals surface area contributed by atoms with Crippen molar-refractivity contribution in [1.82, 2.24) is 4.98 Å². The van der Waals surface area contributed by atoms with E-state index in [1.165, 1.54) is 6.20 Å². The van der Waals surface area contributed by atoms with Gasteiger partial charge >= 0.3 is 6.18 Å². The average Bonchev–Trinajstić information content (AvgIpc) is 2.17. The highest BCUT2D eigenvalue weighted by Gasteiger charge is 2.30. The van der Waals surface area contributed by atoms with E-state index in [4.69, 9.17) is 11.6 Å². The van der Waals surface area contributed by atoms with Crippen LogP contribution in [0, 0.1) is 0 Å². The van der Waals surface area contributed by atoms with Gasteiger partial charge in [0.2, 0.25) is 0 Å². The summed E-state index contributed by atoms with van der Waals surface area (Å²) in [5, 5.41) is -0.152. The monoisotopic (exact) mass is 251 g/mol. The molecular formula is C11H13ClF3N. The van der Waals surface area contributed by atoms with E-state index >= 15 is 0 Å². The lowest BCUT2D eigenvalue weighted by Gasteiger charge is -2.10. The predicted octanol–water partition coefficient (Wildman–Crippen LogP) is 4.05. The highest BCUT2D eigenvalue weighted by Crippen LogP contribution is 2.29. The van der Waals surface area contributed by atoms with Crippen molar-refractivity contribution in [2.24, 2.45) is 0 Å². The van der Waals surface area contributed by atoms with Crippen molar-refractivity contribution in [3.05, 3.63) is 29.6 Å². The van der Waals surface area contributed by atoms with Gasteiger partial charge in [-0.25, -0.2) is 0 Å². The molecule has 0 aliphatic carbocycles. The average molecular weight is 252 g/mol. The van der Waals surface area contributed by atoms with Gasteiger partial charge in [-0.05, 0) is 18.6 Å². The van der Waals surface area contributed by atoms with Crippen LogP contribution in [-0.4, -0.2) is 10.4 Å². The second kappa shape index (κ2) is 5.53. The molecule has 1 aromatic rings. The Hall–Kier alpha value is -0.770. The van der Waals surface area contributed by atoms with Gasteiger partial charge in [-0.3, -0.25) is 4.98 Å². The lowest BCUT2D eigenvalue weighted by Crippen LogP contribution is -2.09. The fraction of sp³-hybridized carbons (Fsp3) is 0.545. The molecule has 1 atom stereocenters. The largest absolute Gasteiger partial charge is 0.416 e. The molecule has 0 N–H and O–H groups in total. The van der Waals surface area contributed by atoms with Crippen LogP contribution in [0.4, 0.5) is 13.2 Å². The third-order valence-electron chi connectivity index (χ3n) is 2.18. The van der Waals surface area contributed by atoms with Crippen LogP contribution in [0.2, 0.25) is 0 Å². The van der Waals surface area contributed by atoms with E-state index in [1.807, 2.05) is 6.92 Å².